The number of carboxylic acids is 1. The van der Waals surface area contributed by atoms with Crippen LogP contribution in [0, 0.1) is 0 Å². The predicted molar refractivity (Wildman–Crippen MR) is 110 cm³/mol. The molecule has 27 heavy (non-hydrogen) atoms. The molecule has 0 unspecified atom stereocenters. The number of likely N-dealkylation sites (N-methyl/N-ethyl adjacent to an activating group) is 1. The number of aromatic carboxylic acids is 1. The molecule has 1 aromatic rings. The minimum Gasteiger partial charge on any atom is -0.507 e. The average molecular weight is 377 g/mol. The summed E-state index contributed by atoms with van der Waals surface area (Å²) < 4.78 is 5.74. The highest BCUT2D eigenvalue weighted by atomic mass is 16.5. The van der Waals surface area contributed by atoms with Crippen LogP contribution in [0.5, 0.6) is 11.5 Å². The Kier molecular flexibility index (Phi) is 10.4. The van der Waals surface area contributed by atoms with Crippen molar-refractivity contribution in [3.63, 3.8) is 0 Å². The van der Waals surface area contributed by atoms with Crippen molar-refractivity contribution in [2.75, 3.05) is 33.4 Å². The Morgan fingerprint density at radius 1 is 1.44 bits per heavy atom. The maximum absolute atomic E-state index is 11.6. The molecule has 8 heteroatoms. The second-order valence-electron chi connectivity index (χ2n) is 6.44. The van der Waals surface area contributed by atoms with Gasteiger partial charge in [0.05, 0.1) is 0 Å². The van der Waals surface area contributed by atoms with E-state index in [4.69, 9.17) is 10.5 Å². The number of ether oxygens (including phenoxy) is 1. The molecule has 0 aliphatic rings. The zero-order chi connectivity index (χ0) is 20.2. The van der Waals surface area contributed by atoms with Gasteiger partial charge in [-0.2, -0.15) is 0 Å². The minimum atomic E-state index is -1.19. The lowest BCUT2D eigenvalue weighted by Crippen LogP contribution is -2.30. The van der Waals surface area contributed by atoms with Crippen molar-refractivity contribution in [1.29, 1.82) is 0 Å². The van der Waals surface area contributed by atoms with Crippen molar-refractivity contribution in [2.45, 2.75) is 32.9 Å². The first-order valence-corrected chi connectivity index (χ1v) is 9.45. The molecule has 0 saturated carbocycles. The molecule has 0 aliphatic heterocycles. The zero-order valence-electron chi connectivity index (χ0n) is 16.6. The first kappa shape index (κ1) is 22.9. The number of rotatable bonds is 13. The van der Waals surface area contributed by atoms with E-state index in [-0.39, 0.29) is 23.8 Å². The fourth-order valence-corrected chi connectivity index (χ4v) is 2.75. The summed E-state index contributed by atoms with van der Waals surface area (Å²) in [7, 11) is 2.84. The number of nitrogens with zero attached hydrogens (tertiary/aromatic N) is 1. The van der Waals surface area contributed by atoms with Crippen molar-refractivity contribution in [3.8, 4) is 11.5 Å². The Balaban J connectivity index is 2.81. The zero-order valence-corrected chi connectivity index (χ0v) is 16.6. The van der Waals surface area contributed by atoms with E-state index in [1.165, 1.54) is 0 Å². The van der Waals surface area contributed by atoms with E-state index in [2.05, 4.69) is 5.32 Å². The molecule has 0 aromatic heterocycles. The van der Waals surface area contributed by atoms with Crippen LogP contribution in [-0.2, 0) is 6.42 Å². The molecule has 0 radical (unpaired) electrons. The van der Waals surface area contributed by atoms with Gasteiger partial charge >= 0.3 is 5.97 Å². The van der Waals surface area contributed by atoms with Crippen molar-refractivity contribution < 1.29 is 19.7 Å². The van der Waals surface area contributed by atoms with Crippen LogP contribution in [0.3, 0.4) is 0 Å². The fourth-order valence-electron chi connectivity index (χ4n) is 2.75. The van der Waals surface area contributed by atoms with Gasteiger partial charge in [0.25, 0.3) is 0 Å². The van der Waals surface area contributed by atoms with Crippen LogP contribution >= 0.6 is 0 Å². The quantitative estimate of drug-likeness (QED) is 0.306. The number of carbonyl (C=O) groups is 1. The van der Waals surface area contributed by atoms with E-state index in [9.17, 15) is 15.0 Å². The number of hydrogen-bond acceptors (Lipinski definition) is 6. The van der Waals surface area contributed by atoms with E-state index in [1.54, 1.807) is 18.3 Å². The normalized spacial score (nSPS) is 11.6. The summed E-state index contributed by atoms with van der Waals surface area (Å²) in [5, 5.41) is 22.9. The molecule has 0 fully saturated rings. The molecular weight excluding hydrogens is 345 g/mol. The Morgan fingerprint density at radius 2 is 2.19 bits per heavy atom. The molecule has 0 aliphatic carbocycles. The molecule has 1 aromatic carbocycles. The molecule has 150 valence electrons. The Labute approximate surface area is 162 Å². The van der Waals surface area contributed by atoms with Gasteiger partial charge in [-0.1, -0.05) is 26.1 Å². The van der Waals surface area contributed by atoms with E-state index in [1.807, 2.05) is 25.7 Å². The third-order valence-electron chi connectivity index (χ3n) is 4.48. The van der Waals surface area contributed by atoms with E-state index >= 15 is 0 Å². The first-order chi connectivity index (χ1) is 13.0. The van der Waals surface area contributed by atoms with Gasteiger partial charge in [-0.05, 0) is 49.8 Å². The average Bonchev–Trinajstić information content (AvgIpc) is 2.65. The lowest BCUT2D eigenvalue weighted by atomic mass is 9.75. The van der Waals surface area contributed by atoms with Crippen LogP contribution in [0.15, 0.2) is 23.9 Å². The van der Waals surface area contributed by atoms with Crippen molar-refractivity contribution in [1.82, 2.24) is 10.2 Å². The minimum absolute atomic E-state index is 0.169. The fraction of sp³-hybridized carbons (Fsp3) is 0.526. The molecule has 0 spiro atoms. The smallest absolute Gasteiger partial charge is 0.343 e. The summed E-state index contributed by atoms with van der Waals surface area (Å²) in [4.78, 5) is 13.7. The summed E-state index contributed by atoms with van der Waals surface area (Å²) in [5.41, 5.74) is 7.19. The summed E-state index contributed by atoms with van der Waals surface area (Å²) in [6, 6.07) is 3.37. The third-order valence-corrected chi connectivity index (χ3v) is 4.48. The monoisotopic (exact) mass is 377 g/mol. The SMILES string of the molecule is CBCCc1ccc(OCN(CC)CC/C(=C/N)CNC)c(C(=O)O)c1O. The van der Waals surface area contributed by atoms with Gasteiger partial charge in [-0.15, -0.1) is 0 Å². The van der Waals surface area contributed by atoms with Gasteiger partial charge in [0.15, 0.2) is 0 Å². The topological polar surface area (TPSA) is 108 Å². The maximum Gasteiger partial charge on any atom is 0.343 e. The Hall–Kier alpha value is -2.19. The first-order valence-electron chi connectivity index (χ1n) is 9.45. The van der Waals surface area contributed by atoms with E-state index < -0.39 is 5.97 Å². The largest absolute Gasteiger partial charge is 0.507 e. The molecule has 0 amide bonds. The number of hydrogen-bond donors (Lipinski definition) is 4. The number of nitrogens with two attached hydrogens (primary N) is 1. The second-order valence-corrected chi connectivity index (χ2v) is 6.44. The van der Waals surface area contributed by atoms with Crippen molar-refractivity contribution >= 4 is 13.2 Å². The summed E-state index contributed by atoms with van der Waals surface area (Å²) in [6.07, 6.45) is 3.94. The second kappa shape index (κ2) is 12.2. The number of aromatic hydroxyl groups is 1. The molecule has 7 nitrogen and oxygen atoms in total. The predicted octanol–water partition coefficient (Wildman–Crippen LogP) is 1.65. The van der Waals surface area contributed by atoms with Gasteiger partial charge < -0.3 is 26.0 Å². The molecule has 1 rings (SSSR count). The number of benzene rings is 1. The summed E-state index contributed by atoms with van der Waals surface area (Å²) >= 11 is 0. The third kappa shape index (κ3) is 7.15. The number of aryl methyl sites for hydroxylation is 1. The highest BCUT2D eigenvalue weighted by Gasteiger charge is 2.20. The standard InChI is InChI=1S/C19H32BN3O4/c1-4-23(10-8-14(11-21)12-22-3)13-27-16-6-5-15(7-9-20-2)18(24)17(16)19(25)26/h5-6,11,20,22,24H,4,7-10,12-13,21H2,1-3H3,(H,25,26)/b14-11-. The van der Waals surface area contributed by atoms with Crippen LogP contribution in [0.4, 0.5) is 0 Å². The molecule has 0 bridgehead atoms. The summed E-state index contributed by atoms with van der Waals surface area (Å²) in [6.45, 7) is 6.52. The van der Waals surface area contributed by atoms with Gasteiger partial charge in [0.2, 0.25) is 0 Å². The molecule has 0 saturated heterocycles. The molecular formula is C19H32BN3O4. The number of nitrogens with one attached hydrogen (secondary N) is 1. The van der Waals surface area contributed by atoms with E-state index in [0.717, 1.165) is 45.2 Å². The lowest BCUT2D eigenvalue weighted by Gasteiger charge is -2.22. The van der Waals surface area contributed by atoms with Gasteiger partial charge in [0, 0.05) is 13.1 Å². The van der Waals surface area contributed by atoms with Crippen LogP contribution in [0.25, 0.3) is 0 Å². The Bertz CT molecular complexity index is 638. The maximum atomic E-state index is 11.6. The van der Waals surface area contributed by atoms with Crippen LogP contribution < -0.4 is 15.8 Å². The highest BCUT2D eigenvalue weighted by molar-refractivity contribution is 6.33. The van der Waals surface area contributed by atoms with Crippen LogP contribution in [0.2, 0.25) is 13.1 Å². The van der Waals surface area contributed by atoms with Crippen LogP contribution in [0.1, 0.15) is 29.3 Å². The Morgan fingerprint density at radius 3 is 2.74 bits per heavy atom. The van der Waals surface area contributed by atoms with Crippen LogP contribution in [-0.4, -0.2) is 61.8 Å². The molecule has 0 heterocycles. The van der Waals surface area contributed by atoms with Gasteiger partial charge in [-0.25, -0.2) is 4.79 Å². The highest BCUT2D eigenvalue weighted by Crippen LogP contribution is 2.32. The summed E-state index contributed by atoms with van der Waals surface area (Å²) in [5.74, 6) is -1.20. The van der Waals surface area contributed by atoms with E-state index in [0.29, 0.717) is 12.0 Å². The molecule has 0 atom stereocenters. The number of phenols is 1. The van der Waals surface area contributed by atoms with Crippen molar-refractivity contribution in [3.05, 3.63) is 35.0 Å². The van der Waals surface area contributed by atoms with Crippen molar-refractivity contribution in [2.24, 2.45) is 5.73 Å². The molecule has 5 N–H and O–H groups in total. The number of carboxylic acid groups (broad SMARTS) is 1. The van der Waals surface area contributed by atoms with Gasteiger partial charge in [-0.3, -0.25) is 4.90 Å². The van der Waals surface area contributed by atoms with Gasteiger partial charge in [0.1, 0.15) is 31.1 Å². The lowest BCUT2D eigenvalue weighted by molar-refractivity contribution is 0.0681.